The highest BCUT2D eigenvalue weighted by Crippen LogP contribution is 2.43. The third-order valence-electron chi connectivity index (χ3n) is 9.90. The lowest BCUT2D eigenvalue weighted by atomic mass is 9.81. The number of anilines is 1. The normalized spacial score (nSPS) is 15.9. The third kappa shape index (κ3) is 8.46. The lowest BCUT2D eigenvalue weighted by Gasteiger charge is -2.29. The number of allylic oxidation sites excluding steroid dienone is 5. The molecule has 1 unspecified atom stereocenters. The van der Waals surface area contributed by atoms with Crippen LogP contribution in [0.3, 0.4) is 0 Å². The summed E-state index contributed by atoms with van der Waals surface area (Å²) in [5, 5.41) is 26.5. The summed E-state index contributed by atoms with van der Waals surface area (Å²) in [5.41, 5.74) is 7.45. The van der Waals surface area contributed by atoms with Crippen LogP contribution in [0.25, 0.3) is 16.3 Å². The fourth-order valence-corrected chi connectivity index (χ4v) is 7.03. The van der Waals surface area contributed by atoms with Gasteiger partial charge in [-0.1, -0.05) is 78.3 Å². The maximum absolute atomic E-state index is 13.6. The summed E-state index contributed by atoms with van der Waals surface area (Å²) in [7, 11) is 0. The largest absolute Gasteiger partial charge is 0.458 e. The number of hydrogen-bond donors (Lipinski definition) is 1. The summed E-state index contributed by atoms with van der Waals surface area (Å²) < 4.78 is 6.38. The van der Waals surface area contributed by atoms with E-state index in [4.69, 9.17) is 4.74 Å². The molecular weight excluding hydrogens is 629 g/mol. The average Bonchev–Trinajstić information content (AvgIpc) is 3.12. The first kappa shape index (κ1) is 37.2. The molecule has 51 heavy (non-hydrogen) atoms. The van der Waals surface area contributed by atoms with Crippen molar-refractivity contribution in [2.24, 2.45) is 5.92 Å². The number of amides is 1. The molecule has 0 bridgehead atoms. The van der Waals surface area contributed by atoms with Gasteiger partial charge in [-0.2, -0.15) is 10.5 Å². The molecule has 3 aromatic rings. The number of nitriles is 2. The number of hydrogen-bond acceptors (Lipinski definition) is 5. The van der Waals surface area contributed by atoms with Gasteiger partial charge in [0.15, 0.2) is 0 Å². The van der Waals surface area contributed by atoms with Crippen molar-refractivity contribution in [2.45, 2.75) is 98.8 Å². The van der Waals surface area contributed by atoms with Crippen LogP contribution in [0.15, 0.2) is 83.8 Å². The number of carbonyl (C=O) groups excluding carboxylic acids is 1. The molecular formula is C45H52N4O2. The van der Waals surface area contributed by atoms with Gasteiger partial charge in [0.1, 0.15) is 23.6 Å². The molecule has 0 radical (unpaired) electrons. The van der Waals surface area contributed by atoms with E-state index in [1.807, 2.05) is 29.2 Å². The molecule has 0 fully saturated rings. The fourth-order valence-electron chi connectivity index (χ4n) is 7.03. The first-order valence-electron chi connectivity index (χ1n) is 18.6. The van der Waals surface area contributed by atoms with Gasteiger partial charge in [-0.25, -0.2) is 0 Å². The second-order valence-corrected chi connectivity index (χ2v) is 14.8. The number of nitrogens with zero attached hydrogens (tertiary/aromatic N) is 3. The number of nitrogens with one attached hydrogen (secondary N) is 1. The minimum atomic E-state index is -0.189. The van der Waals surface area contributed by atoms with Crippen LogP contribution < -0.4 is 10.1 Å². The lowest BCUT2D eigenvalue weighted by Crippen LogP contribution is -2.37. The van der Waals surface area contributed by atoms with Crippen LogP contribution in [0.1, 0.15) is 115 Å². The maximum atomic E-state index is 13.6. The summed E-state index contributed by atoms with van der Waals surface area (Å²) in [4.78, 5) is 15.6. The van der Waals surface area contributed by atoms with Crippen molar-refractivity contribution in [3.05, 3.63) is 112 Å². The second-order valence-electron chi connectivity index (χ2n) is 14.8. The van der Waals surface area contributed by atoms with Crippen molar-refractivity contribution in [2.75, 3.05) is 18.4 Å². The Bertz CT molecular complexity index is 2010. The molecule has 0 spiro atoms. The van der Waals surface area contributed by atoms with Gasteiger partial charge in [0.2, 0.25) is 5.91 Å². The highest BCUT2D eigenvalue weighted by Gasteiger charge is 2.27. The van der Waals surface area contributed by atoms with Gasteiger partial charge < -0.3 is 15.0 Å². The molecule has 1 amide bonds. The maximum Gasteiger partial charge on any atom is 0.229 e. The Morgan fingerprint density at radius 3 is 2.49 bits per heavy atom. The van der Waals surface area contributed by atoms with Crippen LogP contribution in [0.4, 0.5) is 5.69 Å². The van der Waals surface area contributed by atoms with E-state index in [0.29, 0.717) is 24.0 Å². The molecule has 2 aliphatic rings. The number of carbonyl (C=O) groups is 1. The molecule has 0 aliphatic heterocycles. The van der Waals surface area contributed by atoms with Crippen LogP contribution in [-0.2, 0) is 16.6 Å². The zero-order valence-electron chi connectivity index (χ0n) is 31.5. The molecule has 1 N–H and O–H groups in total. The summed E-state index contributed by atoms with van der Waals surface area (Å²) in [6, 6.07) is 19.0. The summed E-state index contributed by atoms with van der Waals surface area (Å²) in [5.74, 6) is 1.51. The Balaban J connectivity index is 1.61. The highest BCUT2D eigenvalue weighted by molar-refractivity contribution is 6.06. The average molecular weight is 681 g/mol. The molecule has 6 nitrogen and oxygen atoms in total. The van der Waals surface area contributed by atoms with Crippen LogP contribution >= 0.6 is 0 Å². The third-order valence-corrected chi connectivity index (χ3v) is 9.90. The van der Waals surface area contributed by atoms with Crippen LogP contribution in [0, 0.1) is 28.6 Å². The molecule has 2 aliphatic carbocycles. The monoisotopic (exact) mass is 680 g/mol. The Morgan fingerprint density at radius 2 is 1.82 bits per heavy atom. The van der Waals surface area contributed by atoms with Gasteiger partial charge in [0, 0.05) is 35.4 Å². The SMILES string of the molecule is CCCCN(CCC)C(=O)C1C=C(C)C(Nc2cc(C(C)(C)C)cc3cc(C#N)c(C#N)c(C4=CC(Oc5cccc(CC)c5)=CCC4)c23)=CC1. The highest BCUT2D eigenvalue weighted by atomic mass is 16.5. The molecule has 5 rings (SSSR count). The first-order valence-corrected chi connectivity index (χ1v) is 18.6. The molecule has 264 valence electrons. The predicted molar refractivity (Wildman–Crippen MR) is 209 cm³/mol. The minimum Gasteiger partial charge on any atom is -0.458 e. The van der Waals surface area contributed by atoms with Crippen molar-refractivity contribution in [3.8, 4) is 17.9 Å². The predicted octanol–water partition coefficient (Wildman–Crippen LogP) is 10.9. The van der Waals surface area contributed by atoms with Crippen molar-refractivity contribution >= 4 is 27.9 Å². The van der Waals surface area contributed by atoms with E-state index in [-0.39, 0.29) is 17.2 Å². The summed E-state index contributed by atoms with van der Waals surface area (Å²) in [6.07, 6.45) is 14.4. The number of benzene rings is 3. The number of rotatable bonds is 12. The van der Waals surface area contributed by atoms with E-state index >= 15 is 0 Å². The van der Waals surface area contributed by atoms with E-state index in [2.05, 4.69) is 108 Å². The number of aryl methyl sites for hydroxylation is 1. The van der Waals surface area contributed by atoms with Crippen LogP contribution in [0.2, 0.25) is 0 Å². The standard InChI is InChI=1S/C45H52N4O2/c1-8-11-21-49(20-9-2)44(50)33-18-19-40(30(4)22-33)48-41-27-36(45(5,6)7)25-34-24-35(28-46)39(29-47)42(43(34)41)32-15-13-17-38(26-32)51-37-16-12-14-31(10-3)23-37/h12,14,16-17,19,22-27,33,48H,8-11,13,15,18,20-21H2,1-7H3. The van der Waals surface area contributed by atoms with Gasteiger partial charge in [-0.15, -0.1) is 0 Å². The quantitative estimate of drug-likeness (QED) is 0.206. The number of fused-ring (bicyclic) bond motifs is 1. The van der Waals surface area contributed by atoms with Gasteiger partial charge in [-0.3, -0.25) is 4.79 Å². The summed E-state index contributed by atoms with van der Waals surface area (Å²) in [6.45, 7) is 16.6. The van der Waals surface area contributed by atoms with Crippen molar-refractivity contribution < 1.29 is 9.53 Å². The molecule has 6 heteroatoms. The molecule has 1 atom stereocenters. The molecule has 0 heterocycles. The number of unbranched alkanes of at least 4 members (excludes halogenated alkanes) is 1. The molecule has 0 saturated heterocycles. The van der Waals surface area contributed by atoms with Gasteiger partial charge in [0.25, 0.3) is 0 Å². The molecule has 0 aromatic heterocycles. The van der Waals surface area contributed by atoms with E-state index in [9.17, 15) is 15.3 Å². The smallest absolute Gasteiger partial charge is 0.229 e. The molecule has 0 saturated carbocycles. The van der Waals surface area contributed by atoms with Gasteiger partial charge in [0.05, 0.1) is 17.0 Å². The zero-order valence-corrected chi connectivity index (χ0v) is 31.5. The van der Waals surface area contributed by atoms with Crippen LogP contribution in [0.5, 0.6) is 5.75 Å². The van der Waals surface area contributed by atoms with Crippen LogP contribution in [-0.4, -0.2) is 23.9 Å². The van der Waals surface area contributed by atoms with E-state index in [1.54, 1.807) is 0 Å². The second kappa shape index (κ2) is 16.3. The fraction of sp³-hybridized carbons (Fsp3) is 0.400. The van der Waals surface area contributed by atoms with Gasteiger partial charge in [-0.05, 0) is 115 Å². The van der Waals surface area contributed by atoms with Crippen molar-refractivity contribution in [1.29, 1.82) is 10.5 Å². The van der Waals surface area contributed by atoms with E-state index in [1.165, 1.54) is 5.56 Å². The topological polar surface area (TPSA) is 89.2 Å². The van der Waals surface area contributed by atoms with E-state index < -0.39 is 0 Å². The van der Waals surface area contributed by atoms with Crippen molar-refractivity contribution in [3.63, 3.8) is 0 Å². The minimum absolute atomic E-state index is 0.170. The Hall–Kier alpha value is -5.07. The lowest BCUT2D eigenvalue weighted by molar-refractivity contribution is -0.134. The zero-order chi connectivity index (χ0) is 36.7. The Labute approximate surface area is 304 Å². The van der Waals surface area contributed by atoms with Crippen molar-refractivity contribution in [1.82, 2.24) is 4.90 Å². The first-order chi connectivity index (χ1) is 24.5. The van der Waals surface area contributed by atoms with Gasteiger partial charge >= 0.3 is 0 Å². The Kier molecular flexibility index (Phi) is 11.9. The number of ether oxygens (including phenoxy) is 1. The summed E-state index contributed by atoms with van der Waals surface area (Å²) >= 11 is 0. The Morgan fingerprint density at radius 1 is 1.02 bits per heavy atom. The van der Waals surface area contributed by atoms with E-state index in [0.717, 1.165) is 101 Å². The molecule has 3 aromatic carbocycles.